The van der Waals surface area contributed by atoms with Crippen molar-refractivity contribution in [3.05, 3.63) is 59.2 Å². The highest BCUT2D eigenvalue weighted by Crippen LogP contribution is 2.45. The highest BCUT2D eigenvalue weighted by molar-refractivity contribution is 5.45. The van der Waals surface area contributed by atoms with Gasteiger partial charge in [-0.2, -0.15) is 0 Å². The molecule has 4 heteroatoms. The van der Waals surface area contributed by atoms with E-state index in [4.69, 9.17) is 4.74 Å². The molecule has 2 N–H and O–H groups in total. The molecule has 0 fully saturated rings. The zero-order valence-corrected chi connectivity index (χ0v) is 12.8. The first-order chi connectivity index (χ1) is 10.5. The normalized spacial score (nSPS) is 23.3. The summed E-state index contributed by atoms with van der Waals surface area (Å²) in [5.74, 6) is 0.668. The number of halogens is 1. The fraction of sp³-hybridized carbons (Fsp3) is 0.333. The average Bonchev–Trinajstić information content (AvgIpc) is 2.76. The molecule has 116 valence electrons. The van der Waals surface area contributed by atoms with Crippen LogP contribution in [0.25, 0.3) is 0 Å². The molecular weight excluding hydrogens is 281 g/mol. The van der Waals surface area contributed by atoms with Crippen LogP contribution in [0.4, 0.5) is 4.39 Å². The van der Waals surface area contributed by atoms with Gasteiger partial charge in [0, 0.05) is 18.5 Å². The number of phenols is 1. The Morgan fingerprint density at radius 3 is 2.82 bits per heavy atom. The molecule has 3 rings (SSSR count). The van der Waals surface area contributed by atoms with Gasteiger partial charge in [-0.1, -0.05) is 30.3 Å². The van der Waals surface area contributed by atoms with Gasteiger partial charge < -0.3 is 15.2 Å². The van der Waals surface area contributed by atoms with Gasteiger partial charge in [-0.3, -0.25) is 0 Å². The SMILES string of the molecule is CNCC1(F)Cc2ccccc2C1Oc1cccc(O)c1C. The Hall–Kier alpha value is -2.07. The van der Waals surface area contributed by atoms with Crippen molar-refractivity contribution < 1.29 is 14.2 Å². The summed E-state index contributed by atoms with van der Waals surface area (Å²) in [6.07, 6.45) is -0.358. The molecule has 0 amide bonds. The van der Waals surface area contributed by atoms with E-state index in [0.29, 0.717) is 17.7 Å². The van der Waals surface area contributed by atoms with Crippen LogP contribution in [-0.4, -0.2) is 24.4 Å². The summed E-state index contributed by atoms with van der Waals surface area (Å²) in [5, 5.41) is 12.7. The predicted molar refractivity (Wildman–Crippen MR) is 84.1 cm³/mol. The molecule has 2 atom stereocenters. The molecule has 0 aromatic heterocycles. The zero-order chi connectivity index (χ0) is 15.7. The molecule has 0 saturated heterocycles. The van der Waals surface area contributed by atoms with E-state index in [0.717, 1.165) is 11.1 Å². The summed E-state index contributed by atoms with van der Waals surface area (Å²) in [6.45, 7) is 1.98. The fourth-order valence-electron chi connectivity index (χ4n) is 3.11. The number of fused-ring (bicyclic) bond motifs is 1. The van der Waals surface area contributed by atoms with Crippen LogP contribution < -0.4 is 10.1 Å². The Balaban J connectivity index is 2.00. The minimum atomic E-state index is -1.50. The number of rotatable bonds is 4. The molecule has 2 unspecified atom stereocenters. The first-order valence-electron chi connectivity index (χ1n) is 7.42. The Morgan fingerprint density at radius 2 is 2.05 bits per heavy atom. The van der Waals surface area contributed by atoms with Crippen LogP contribution >= 0.6 is 0 Å². The van der Waals surface area contributed by atoms with Gasteiger partial charge in [-0.25, -0.2) is 4.39 Å². The Bertz CT molecular complexity index is 689. The lowest BCUT2D eigenvalue weighted by Gasteiger charge is -2.29. The van der Waals surface area contributed by atoms with Crippen molar-refractivity contribution in [1.29, 1.82) is 0 Å². The standard InChI is InChI=1S/C18H20FNO2/c1-12-15(21)8-5-9-16(12)22-17-14-7-4-3-6-13(14)10-18(17,19)11-20-2/h3-9,17,20-21H,10-11H2,1-2H3. The molecule has 1 aliphatic rings. The fourth-order valence-corrected chi connectivity index (χ4v) is 3.11. The van der Waals surface area contributed by atoms with Crippen LogP contribution in [0.15, 0.2) is 42.5 Å². The zero-order valence-electron chi connectivity index (χ0n) is 12.8. The first-order valence-corrected chi connectivity index (χ1v) is 7.42. The molecule has 3 nitrogen and oxygen atoms in total. The van der Waals surface area contributed by atoms with Crippen molar-refractivity contribution in [2.24, 2.45) is 0 Å². The third-order valence-electron chi connectivity index (χ3n) is 4.26. The summed E-state index contributed by atoms with van der Waals surface area (Å²) in [6, 6.07) is 12.7. The second-order valence-corrected chi connectivity index (χ2v) is 5.84. The maximum absolute atomic E-state index is 15.4. The van der Waals surface area contributed by atoms with Gasteiger partial charge in [0.25, 0.3) is 0 Å². The van der Waals surface area contributed by atoms with Crippen molar-refractivity contribution in [2.45, 2.75) is 25.1 Å². The number of aromatic hydroxyl groups is 1. The van der Waals surface area contributed by atoms with Crippen molar-refractivity contribution in [3.63, 3.8) is 0 Å². The number of hydrogen-bond acceptors (Lipinski definition) is 3. The number of ether oxygens (including phenoxy) is 1. The highest BCUT2D eigenvalue weighted by Gasteiger charge is 2.48. The predicted octanol–water partition coefficient (Wildman–Crippen LogP) is 3.30. The number of hydrogen-bond donors (Lipinski definition) is 2. The number of nitrogens with one attached hydrogen (secondary N) is 1. The molecule has 0 radical (unpaired) electrons. The van der Waals surface area contributed by atoms with Crippen LogP contribution in [0, 0.1) is 6.92 Å². The smallest absolute Gasteiger partial charge is 0.168 e. The third kappa shape index (κ3) is 2.44. The lowest BCUT2D eigenvalue weighted by atomic mass is 9.99. The molecule has 2 aromatic carbocycles. The largest absolute Gasteiger partial charge is 0.508 e. The quantitative estimate of drug-likeness (QED) is 0.910. The Morgan fingerprint density at radius 1 is 1.27 bits per heavy atom. The van der Waals surface area contributed by atoms with Crippen molar-refractivity contribution in [2.75, 3.05) is 13.6 Å². The summed E-state index contributed by atoms with van der Waals surface area (Å²) in [4.78, 5) is 0. The summed E-state index contributed by atoms with van der Waals surface area (Å²) >= 11 is 0. The lowest BCUT2D eigenvalue weighted by molar-refractivity contribution is 0.0226. The van der Waals surface area contributed by atoms with Gasteiger partial charge >= 0.3 is 0 Å². The van der Waals surface area contributed by atoms with E-state index < -0.39 is 11.8 Å². The second-order valence-electron chi connectivity index (χ2n) is 5.84. The summed E-state index contributed by atoms with van der Waals surface area (Å²) in [5.41, 5.74) is 0.973. The van der Waals surface area contributed by atoms with Crippen LogP contribution in [-0.2, 0) is 6.42 Å². The number of alkyl halides is 1. The monoisotopic (exact) mass is 301 g/mol. The topological polar surface area (TPSA) is 41.5 Å². The van der Waals surface area contributed by atoms with Gasteiger partial charge in [0.1, 0.15) is 11.5 Å². The lowest BCUT2D eigenvalue weighted by Crippen LogP contribution is -2.41. The molecule has 0 aliphatic heterocycles. The molecule has 0 heterocycles. The van der Waals surface area contributed by atoms with Crippen LogP contribution in [0.5, 0.6) is 11.5 Å². The second kappa shape index (κ2) is 5.61. The molecule has 0 saturated carbocycles. The molecule has 0 spiro atoms. The van der Waals surface area contributed by atoms with Gasteiger partial charge in [-0.05, 0) is 37.2 Å². The maximum Gasteiger partial charge on any atom is 0.168 e. The highest BCUT2D eigenvalue weighted by atomic mass is 19.1. The van der Waals surface area contributed by atoms with Gasteiger partial charge in [0.05, 0.1) is 0 Å². The molecular formula is C18H20FNO2. The van der Waals surface area contributed by atoms with E-state index in [9.17, 15) is 5.11 Å². The third-order valence-corrected chi connectivity index (χ3v) is 4.26. The molecule has 1 aliphatic carbocycles. The van der Waals surface area contributed by atoms with E-state index in [1.54, 1.807) is 32.2 Å². The van der Waals surface area contributed by atoms with Crippen molar-refractivity contribution >= 4 is 0 Å². The number of phenolic OH excluding ortho intramolecular Hbond substituents is 1. The minimum absolute atomic E-state index is 0.154. The molecule has 22 heavy (non-hydrogen) atoms. The van der Waals surface area contributed by atoms with Crippen LogP contribution in [0.1, 0.15) is 22.8 Å². The van der Waals surface area contributed by atoms with Crippen LogP contribution in [0.2, 0.25) is 0 Å². The van der Waals surface area contributed by atoms with E-state index in [2.05, 4.69) is 5.32 Å². The van der Waals surface area contributed by atoms with Gasteiger partial charge in [0.2, 0.25) is 0 Å². The van der Waals surface area contributed by atoms with Gasteiger partial charge in [0.15, 0.2) is 11.8 Å². The van der Waals surface area contributed by atoms with Crippen LogP contribution in [0.3, 0.4) is 0 Å². The molecule has 2 aromatic rings. The Kier molecular flexibility index (Phi) is 3.79. The van der Waals surface area contributed by atoms with E-state index in [1.165, 1.54) is 0 Å². The van der Waals surface area contributed by atoms with E-state index in [1.807, 2.05) is 24.3 Å². The van der Waals surface area contributed by atoms with Crippen molar-refractivity contribution in [3.8, 4) is 11.5 Å². The number of benzene rings is 2. The minimum Gasteiger partial charge on any atom is -0.508 e. The average molecular weight is 301 g/mol. The molecule has 0 bridgehead atoms. The van der Waals surface area contributed by atoms with E-state index in [-0.39, 0.29) is 12.3 Å². The summed E-state index contributed by atoms with van der Waals surface area (Å²) < 4.78 is 21.4. The van der Waals surface area contributed by atoms with Crippen molar-refractivity contribution in [1.82, 2.24) is 5.32 Å². The Labute approximate surface area is 129 Å². The van der Waals surface area contributed by atoms with E-state index >= 15 is 4.39 Å². The maximum atomic E-state index is 15.4. The van der Waals surface area contributed by atoms with Gasteiger partial charge in [-0.15, -0.1) is 0 Å². The summed E-state index contributed by atoms with van der Waals surface area (Å²) in [7, 11) is 1.74. The first kappa shape index (κ1) is 14.9.